The van der Waals surface area contributed by atoms with Gasteiger partial charge in [0.1, 0.15) is 11.7 Å². The molecule has 3 heteroatoms. The van der Waals surface area contributed by atoms with Crippen LogP contribution >= 0.6 is 0 Å². The molecule has 1 fully saturated rings. The molecule has 1 aliphatic carbocycles. The van der Waals surface area contributed by atoms with Gasteiger partial charge in [0.15, 0.2) is 0 Å². The first-order chi connectivity index (χ1) is 8.22. The highest BCUT2D eigenvalue weighted by atomic mass is 16.5. The zero-order valence-corrected chi connectivity index (χ0v) is 9.76. The van der Waals surface area contributed by atoms with Crippen LogP contribution in [0.2, 0.25) is 0 Å². The van der Waals surface area contributed by atoms with Crippen LogP contribution in [0.3, 0.4) is 0 Å². The summed E-state index contributed by atoms with van der Waals surface area (Å²) in [6.45, 7) is 0. The van der Waals surface area contributed by atoms with Crippen LogP contribution in [-0.2, 0) is 14.3 Å². The number of carbonyl (C=O) groups is 2. The molecule has 0 bridgehead atoms. The summed E-state index contributed by atoms with van der Waals surface area (Å²) < 4.78 is 4.68. The Morgan fingerprint density at radius 2 is 2.18 bits per heavy atom. The van der Waals surface area contributed by atoms with Crippen LogP contribution in [0.5, 0.6) is 0 Å². The van der Waals surface area contributed by atoms with E-state index in [0.29, 0.717) is 6.42 Å². The first kappa shape index (κ1) is 11.7. The fourth-order valence-corrected chi connectivity index (χ4v) is 2.25. The average Bonchev–Trinajstić information content (AvgIpc) is 2.95. The Bertz CT molecular complexity index is 428. The third-order valence-corrected chi connectivity index (χ3v) is 3.18. The highest BCUT2D eigenvalue weighted by Crippen LogP contribution is 2.31. The molecule has 0 heterocycles. The predicted molar refractivity (Wildman–Crippen MR) is 64.3 cm³/mol. The van der Waals surface area contributed by atoms with Gasteiger partial charge < -0.3 is 4.74 Å². The maximum absolute atomic E-state index is 11.6. The van der Waals surface area contributed by atoms with Gasteiger partial charge in [0.2, 0.25) is 0 Å². The Hall–Kier alpha value is -1.77. The average molecular weight is 231 g/mol. The molecule has 0 saturated heterocycles. The normalized spacial score (nSPS) is 24.4. The highest BCUT2D eigenvalue weighted by Gasteiger charge is 2.38. The standard InChI is InChI=1S/C14H15O3/c1-17-14(16)13-11(8-9-12(13)15)7-6-10-4-2-3-5-10/h2-7,11,13H,8-9H2,1H3/q-1/b7-6+/t11-,13+/m0/s1. The third-order valence-electron chi connectivity index (χ3n) is 3.18. The number of hydrogen-bond acceptors (Lipinski definition) is 3. The summed E-state index contributed by atoms with van der Waals surface area (Å²) in [4.78, 5) is 23.1. The van der Waals surface area contributed by atoms with Crippen molar-refractivity contribution >= 4 is 17.8 Å². The number of Topliss-reactive ketones (excluding diaryl/α,β-unsaturated/α-hetero) is 1. The van der Waals surface area contributed by atoms with Gasteiger partial charge in [-0.05, 0) is 12.3 Å². The molecule has 0 aromatic heterocycles. The molecule has 0 unspecified atom stereocenters. The van der Waals surface area contributed by atoms with E-state index in [9.17, 15) is 9.59 Å². The van der Waals surface area contributed by atoms with E-state index in [1.54, 1.807) is 0 Å². The van der Waals surface area contributed by atoms with E-state index in [2.05, 4.69) is 4.74 Å². The van der Waals surface area contributed by atoms with Gasteiger partial charge in [0.05, 0.1) is 7.11 Å². The summed E-state index contributed by atoms with van der Waals surface area (Å²) in [6.07, 6.45) is 5.10. The summed E-state index contributed by atoms with van der Waals surface area (Å²) >= 11 is 0. The van der Waals surface area contributed by atoms with Crippen LogP contribution in [0.15, 0.2) is 30.3 Å². The van der Waals surface area contributed by atoms with Crippen LogP contribution in [0.25, 0.3) is 6.08 Å². The maximum atomic E-state index is 11.6. The van der Waals surface area contributed by atoms with Crippen LogP contribution in [0, 0.1) is 11.8 Å². The van der Waals surface area contributed by atoms with E-state index < -0.39 is 11.9 Å². The second-order valence-electron chi connectivity index (χ2n) is 4.25. The number of allylic oxidation sites excluding steroid dienone is 1. The monoisotopic (exact) mass is 231 g/mol. The molecule has 1 saturated carbocycles. The number of hydrogen-bond donors (Lipinski definition) is 0. The molecular weight excluding hydrogens is 216 g/mol. The van der Waals surface area contributed by atoms with Crippen molar-refractivity contribution in [2.45, 2.75) is 12.8 Å². The van der Waals surface area contributed by atoms with E-state index in [-0.39, 0.29) is 11.7 Å². The molecule has 1 aromatic carbocycles. The molecule has 0 N–H and O–H groups in total. The summed E-state index contributed by atoms with van der Waals surface area (Å²) in [5.41, 5.74) is 1.09. The predicted octanol–water partition coefficient (Wildman–Crippen LogP) is 2.19. The van der Waals surface area contributed by atoms with Crippen molar-refractivity contribution < 1.29 is 14.3 Å². The lowest BCUT2D eigenvalue weighted by atomic mass is 9.95. The maximum Gasteiger partial charge on any atom is 0.315 e. The molecule has 0 aliphatic heterocycles. The van der Waals surface area contributed by atoms with Crippen LogP contribution in [0.1, 0.15) is 18.4 Å². The lowest BCUT2D eigenvalue weighted by molar-refractivity contribution is -0.149. The Balaban J connectivity index is 2.10. The van der Waals surface area contributed by atoms with E-state index in [4.69, 9.17) is 0 Å². The van der Waals surface area contributed by atoms with Gasteiger partial charge >= 0.3 is 5.97 Å². The first-order valence-electron chi connectivity index (χ1n) is 5.73. The zero-order chi connectivity index (χ0) is 12.3. The Kier molecular flexibility index (Phi) is 3.47. The summed E-state index contributed by atoms with van der Waals surface area (Å²) in [5.74, 6) is -1.05. The van der Waals surface area contributed by atoms with Crippen molar-refractivity contribution in [1.29, 1.82) is 0 Å². The molecule has 1 aromatic rings. The largest absolute Gasteiger partial charge is 0.468 e. The smallest absolute Gasteiger partial charge is 0.315 e. The lowest BCUT2D eigenvalue weighted by Crippen LogP contribution is -2.25. The molecular formula is C14H15O3-. The number of carbonyl (C=O) groups excluding carboxylic acids is 2. The molecule has 17 heavy (non-hydrogen) atoms. The molecule has 2 rings (SSSR count). The SMILES string of the molecule is COC(=O)[C@H]1C(=O)CC[C@@H]1/C=C/[c-]1cccc1. The first-order valence-corrected chi connectivity index (χ1v) is 5.73. The van der Waals surface area contributed by atoms with Crippen LogP contribution in [0.4, 0.5) is 0 Å². The molecule has 0 spiro atoms. The minimum Gasteiger partial charge on any atom is -0.468 e. The van der Waals surface area contributed by atoms with Crippen LogP contribution in [-0.4, -0.2) is 18.9 Å². The fourth-order valence-electron chi connectivity index (χ4n) is 2.25. The van der Waals surface area contributed by atoms with Crippen molar-refractivity contribution in [1.82, 2.24) is 0 Å². The topological polar surface area (TPSA) is 43.4 Å². The highest BCUT2D eigenvalue weighted by molar-refractivity contribution is 6.01. The van der Waals surface area contributed by atoms with Crippen molar-refractivity contribution in [3.05, 3.63) is 35.9 Å². The second-order valence-corrected chi connectivity index (χ2v) is 4.25. The van der Waals surface area contributed by atoms with Gasteiger partial charge in [0, 0.05) is 6.42 Å². The third kappa shape index (κ3) is 2.49. The van der Waals surface area contributed by atoms with Crippen molar-refractivity contribution in [3.8, 4) is 0 Å². The van der Waals surface area contributed by atoms with E-state index in [1.807, 2.05) is 36.4 Å². The van der Waals surface area contributed by atoms with Gasteiger partial charge in [-0.15, -0.1) is 29.8 Å². The minimum atomic E-state index is -0.605. The minimum absolute atomic E-state index is 0.00555. The van der Waals surface area contributed by atoms with Gasteiger partial charge in [-0.25, -0.2) is 0 Å². The van der Waals surface area contributed by atoms with Crippen molar-refractivity contribution in [2.24, 2.45) is 11.8 Å². The Morgan fingerprint density at radius 3 is 2.82 bits per heavy atom. The van der Waals surface area contributed by atoms with Crippen molar-refractivity contribution in [3.63, 3.8) is 0 Å². The quantitative estimate of drug-likeness (QED) is 0.455. The summed E-state index contributed by atoms with van der Waals surface area (Å²) in [6, 6.07) is 7.88. The second kappa shape index (κ2) is 5.04. The van der Waals surface area contributed by atoms with Gasteiger partial charge in [-0.2, -0.15) is 12.1 Å². The number of esters is 1. The zero-order valence-electron chi connectivity index (χ0n) is 9.76. The molecule has 90 valence electrons. The van der Waals surface area contributed by atoms with E-state index in [1.165, 1.54) is 7.11 Å². The van der Waals surface area contributed by atoms with E-state index >= 15 is 0 Å². The molecule has 1 aliphatic rings. The van der Waals surface area contributed by atoms with Gasteiger partial charge in [-0.1, -0.05) is 0 Å². The molecule has 0 amide bonds. The number of ether oxygens (including phenoxy) is 1. The number of methoxy groups -OCH3 is 1. The Morgan fingerprint density at radius 1 is 1.47 bits per heavy atom. The Labute approximate surface area is 100 Å². The number of ketones is 1. The lowest BCUT2D eigenvalue weighted by Gasteiger charge is -2.13. The number of rotatable bonds is 3. The molecule has 2 atom stereocenters. The van der Waals surface area contributed by atoms with Crippen molar-refractivity contribution in [2.75, 3.05) is 7.11 Å². The fraction of sp³-hybridized carbons (Fsp3) is 0.357. The van der Waals surface area contributed by atoms with Gasteiger partial charge in [0.25, 0.3) is 0 Å². The van der Waals surface area contributed by atoms with Gasteiger partial charge in [-0.3, -0.25) is 9.59 Å². The summed E-state index contributed by atoms with van der Waals surface area (Å²) in [7, 11) is 1.33. The summed E-state index contributed by atoms with van der Waals surface area (Å²) in [5, 5.41) is 0. The molecule has 0 radical (unpaired) electrons. The van der Waals surface area contributed by atoms with Crippen LogP contribution < -0.4 is 0 Å². The van der Waals surface area contributed by atoms with E-state index in [0.717, 1.165) is 12.0 Å². The molecule has 3 nitrogen and oxygen atoms in total.